The highest BCUT2D eigenvalue weighted by Gasteiger charge is 2.14. The number of carbonyl (C=O) groups is 2. The molecule has 0 aliphatic rings. The molecule has 0 unspecified atom stereocenters. The quantitative estimate of drug-likeness (QED) is 0.929. The molecule has 0 aliphatic heterocycles. The number of para-hydroxylation sites is 1. The highest BCUT2D eigenvalue weighted by Crippen LogP contribution is 2.34. The standard InChI is InChI=1S/C15H11Cl2NO4/c1-22-13-10(16)6-8(7-11(13)17)14(19)18-12-5-3-2-4-9(12)15(20)21/h2-7H,1H3,(H,18,19)(H,20,21)/p-1. The van der Waals surface area contributed by atoms with Crippen molar-refractivity contribution in [3.05, 3.63) is 57.6 Å². The number of ether oxygens (including phenoxy) is 1. The Balaban J connectivity index is 2.33. The minimum atomic E-state index is -1.39. The van der Waals surface area contributed by atoms with Crippen LogP contribution in [0.25, 0.3) is 0 Å². The molecule has 0 fully saturated rings. The topological polar surface area (TPSA) is 78.5 Å². The molecule has 7 heteroatoms. The molecular formula is C15H10Cl2NO4-. The zero-order chi connectivity index (χ0) is 16.3. The molecule has 0 aromatic heterocycles. The molecule has 0 heterocycles. The Labute approximate surface area is 136 Å². The van der Waals surface area contributed by atoms with Crippen LogP contribution in [0.2, 0.25) is 10.0 Å². The van der Waals surface area contributed by atoms with Crippen molar-refractivity contribution in [1.29, 1.82) is 0 Å². The monoisotopic (exact) mass is 338 g/mol. The molecule has 5 nitrogen and oxygen atoms in total. The molecule has 1 N–H and O–H groups in total. The SMILES string of the molecule is COc1c(Cl)cc(C(=O)Nc2ccccc2C(=O)[O-])cc1Cl. The van der Waals surface area contributed by atoms with Crippen LogP contribution >= 0.6 is 23.2 Å². The zero-order valence-corrected chi connectivity index (χ0v) is 12.9. The van der Waals surface area contributed by atoms with E-state index in [0.29, 0.717) is 0 Å². The van der Waals surface area contributed by atoms with Gasteiger partial charge in [-0.3, -0.25) is 4.79 Å². The molecule has 0 radical (unpaired) electrons. The van der Waals surface area contributed by atoms with Gasteiger partial charge in [0.05, 0.1) is 28.8 Å². The first-order valence-corrected chi connectivity index (χ1v) is 6.84. The van der Waals surface area contributed by atoms with Crippen LogP contribution in [0, 0.1) is 0 Å². The van der Waals surface area contributed by atoms with Crippen LogP contribution in [0.4, 0.5) is 5.69 Å². The van der Waals surface area contributed by atoms with Gasteiger partial charge in [0.15, 0.2) is 5.75 Å². The van der Waals surface area contributed by atoms with Crippen molar-refractivity contribution in [3.8, 4) is 5.75 Å². The van der Waals surface area contributed by atoms with Crippen LogP contribution < -0.4 is 15.2 Å². The number of hydrogen-bond donors (Lipinski definition) is 1. The van der Waals surface area contributed by atoms with Crippen molar-refractivity contribution >= 4 is 40.8 Å². The Bertz CT molecular complexity index is 723. The number of hydrogen-bond acceptors (Lipinski definition) is 4. The van der Waals surface area contributed by atoms with Gasteiger partial charge in [0, 0.05) is 11.1 Å². The lowest BCUT2D eigenvalue weighted by Crippen LogP contribution is -2.24. The predicted octanol–water partition coefficient (Wildman–Crippen LogP) is 2.62. The van der Waals surface area contributed by atoms with Gasteiger partial charge in [-0.25, -0.2) is 0 Å². The van der Waals surface area contributed by atoms with Crippen LogP contribution in [0.3, 0.4) is 0 Å². The molecule has 2 aromatic carbocycles. The minimum absolute atomic E-state index is 0.121. The molecule has 0 spiro atoms. The lowest BCUT2D eigenvalue weighted by Gasteiger charge is -2.13. The Morgan fingerprint density at radius 1 is 1.14 bits per heavy atom. The Hall–Kier alpha value is -2.24. The molecular weight excluding hydrogens is 329 g/mol. The van der Waals surface area contributed by atoms with Gasteiger partial charge in [-0.1, -0.05) is 41.4 Å². The molecule has 0 bridgehead atoms. The summed E-state index contributed by atoms with van der Waals surface area (Å²) in [5, 5.41) is 13.8. The average molecular weight is 339 g/mol. The number of nitrogens with one attached hydrogen (secondary N) is 1. The second-order valence-electron chi connectivity index (χ2n) is 4.26. The van der Waals surface area contributed by atoms with Crippen molar-refractivity contribution in [2.75, 3.05) is 12.4 Å². The third-order valence-corrected chi connectivity index (χ3v) is 3.42. The predicted molar refractivity (Wildman–Crippen MR) is 81.7 cm³/mol. The van der Waals surface area contributed by atoms with Crippen molar-refractivity contribution in [2.45, 2.75) is 0 Å². The zero-order valence-electron chi connectivity index (χ0n) is 11.4. The van der Waals surface area contributed by atoms with E-state index in [1.165, 1.54) is 37.4 Å². The van der Waals surface area contributed by atoms with E-state index >= 15 is 0 Å². The number of aromatic carboxylic acids is 1. The number of carbonyl (C=O) groups excluding carboxylic acids is 2. The van der Waals surface area contributed by atoms with Crippen LogP contribution in [-0.2, 0) is 0 Å². The third-order valence-electron chi connectivity index (χ3n) is 2.86. The van der Waals surface area contributed by atoms with Crippen molar-refractivity contribution in [3.63, 3.8) is 0 Å². The number of rotatable bonds is 4. The molecule has 114 valence electrons. The number of halogens is 2. The van der Waals surface area contributed by atoms with E-state index in [2.05, 4.69) is 5.32 Å². The normalized spacial score (nSPS) is 10.1. The highest BCUT2D eigenvalue weighted by molar-refractivity contribution is 6.37. The number of anilines is 1. The van der Waals surface area contributed by atoms with E-state index in [4.69, 9.17) is 27.9 Å². The fraction of sp³-hybridized carbons (Fsp3) is 0.0667. The van der Waals surface area contributed by atoms with E-state index in [1.807, 2.05) is 0 Å². The maximum atomic E-state index is 12.2. The molecule has 0 aliphatic carbocycles. The average Bonchev–Trinajstić information content (AvgIpc) is 2.47. The van der Waals surface area contributed by atoms with Gasteiger partial charge in [-0.15, -0.1) is 0 Å². The van der Waals surface area contributed by atoms with Gasteiger partial charge >= 0.3 is 0 Å². The number of benzene rings is 2. The maximum Gasteiger partial charge on any atom is 0.255 e. The molecule has 1 amide bonds. The Morgan fingerprint density at radius 2 is 1.73 bits per heavy atom. The van der Waals surface area contributed by atoms with Crippen LogP contribution in [0.5, 0.6) is 5.75 Å². The second-order valence-corrected chi connectivity index (χ2v) is 5.07. The number of amides is 1. The van der Waals surface area contributed by atoms with Gasteiger partial charge in [0.1, 0.15) is 0 Å². The summed E-state index contributed by atoms with van der Waals surface area (Å²) in [7, 11) is 1.41. The number of methoxy groups -OCH3 is 1. The van der Waals surface area contributed by atoms with Crippen molar-refractivity contribution in [2.24, 2.45) is 0 Å². The van der Waals surface area contributed by atoms with Gasteiger partial charge in [0.2, 0.25) is 0 Å². The molecule has 0 saturated carbocycles. The summed E-state index contributed by atoms with van der Waals surface area (Å²) in [6.07, 6.45) is 0. The summed E-state index contributed by atoms with van der Waals surface area (Å²) in [5.41, 5.74) is 0.168. The van der Waals surface area contributed by atoms with Crippen LogP contribution in [-0.4, -0.2) is 19.0 Å². The maximum absolute atomic E-state index is 12.2. The lowest BCUT2D eigenvalue weighted by atomic mass is 10.1. The smallest absolute Gasteiger partial charge is 0.255 e. The van der Waals surface area contributed by atoms with E-state index < -0.39 is 11.9 Å². The van der Waals surface area contributed by atoms with E-state index in [-0.39, 0.29) is 32.6 Å². The van der Waals surface area contributed by atoms with Gasteiger partial charge < -0.3 is 20.0 Å². The Morgan fingerprint density at radius 3 is 2.27 bits per heavy atom. The summed E-state index contributed by atoms with van der Waals surface area (Å²) >= 11 is 11.9. The summed E-state index contributed by atoms with van der Waals surface area (Å²) in [6, 6.07) is 8.67. The first-order chi connectivity index (χ1) is 10.4. The first kappa shape index (κ1) is 16.1. The van der Waals surface area contributed by atoms with Crippen molar-refractivity contribution < 1.29 is 19.4 Å². The Kier molecular flexibility index (Phi) is 4.90. The highest BCUT2D eigenvalue weighted by atomic mass is 35.5. The number of carboxylic acids is 1. The molecule has 2 aromatic rings. The summed E-state index contributed by atoms with van der Waals surface area (Å²) < 4.78 is 5.00. The summed E-state index contributed by atoms with van der Waals surface area (Å²) in [5.74, 6) is -1.68. The fourth-order valence-corrected chi connectivity index (χ4v) is 2.49. The van der Waals surface area contributed by atoms with Gasteiger partial charge in [-0.2, -0.15) is 0 Å². The van der Waals surface area contributed by atoms with E-state index in [0.717, 1.165) is 0 Å². The van der Waals surface area contributed by atoms with Crippen LogP contribution in [0.15, 0.2) is 36.4 Å². The fourth-order valence-electron chi connectivity index (χ4n) is 1.85. The third kappa shape index (κ3) is 3.32. The largest absolute Gasteiger partial charge is 0.545 e. The van der Waals surface area contributed by atoms with Gasteiger partial charge in [-0.05, 0) is 18.2 Å². The summed E-state index contributed by atoms with van der Waals surface area (Å²) in [4.78, 5) is 23.2. The molecule has 0 saturated heterocycles. The van der Waals surface area contributed by atoms with E-state index in [1.54, 1.807) is 6.07 Å². The lowest BCUT2D eigenvalue weighted by molar-refractivity contribution is -0.254. The van der Waals surface area contributed by atoms with E-state index in [9.17, 15) is 14.7 Å². The van der Waals surface area contributed by atoms with Crippen molar-refractivity contribution in [1.82, 2.24) is 0 Å². The minimum Gasteiger partial charge on any atom is -0.545 e. The second kappa shape index (κ2) is 6.68. The molecule has 2 rings (SSSR count). The number of carboxylic acid groups (broad SMARTS) is 1. The summed E-state index contributed by atoms with van der Waals surface area (Å²) in [6.45, 7) is 0. The molecule has 0 atom stereocenters. The first-order valence-electron chi connectivity index (χ1n) is 6.08. The van der Waals surface area contributed by atoms with Gasteiger partial charge in [0.25, 0.3) is 5.91 Å². The van der Waals surface area contributed by atoms with Crippen LogP contribution in [0.1, 0.15) is 20.7 Å². The molecule has 22 heavy (non-hydrogen) atoms.